The van der Waals surface area contributed by atoms with Gasteiger partial charge in [0.15, 0.2) is 29.6 Å². The van der Waals surface area contributed by atoms with Crippen molar-refractivity contribution in [2.45, 2.75) is 13.3 Å². The van der Waals surface area contributed by atoms with E-state index < -0.39 is 36.2 Å². The van der Waals surface area contributed by atoms with E-state index in [-0.39, 0.29) is 28.4 Å². The zero-order chi connectivity index (χ0) is 30.2. The summed E-state index contributed by atoms with van der Waals surface area (Å²) in [4.78, 5) is 51.7. The van der Waals surface area contributed by atoms with E-state index in [1.165, 1.54) is 68.8 Å². The summed E-state index contributed by atoms with van der Waals surface area (Å²) >= 11 is 0. The molecular formula is C30H28FN3O8. The molecular weight excluding hydrogens is 549 g/mol. The van der Waals surface area contributed by atoms with Gasteiger partial charge in [0, 0.05) is 6.07 Å². The average Bonchev–Trinajstić information content (AvgIpc) is 2.98. The Morgan fingerprint density at radius 1 is 0.929 bits per heavy atom. The highest BCUT2D eigenvalue weighted by Gasteiger charge is 2.37. The molecule has 0 bridgehead atoms. The molecule has 3 aromatic carbocycles. The fraction of sp³-hybridized carbons (Fsp3) is 0.200. The lowest BCUT2D eigenvalue weighted by Crippen LogP contribution is -2.54. The Morgan fingerprint density at radius 3 is 2.33 bits per heavy atom. The minimum Gasteiger partial charge on any atom is -0.493 e. The number of anilines is 2. The first-order valence-electron chi connectivity index (χ1n) is 12.8. The normalized spacial score (nSPS) is 14.0. The second kappa shape index (κ2) is 13.3. The van der Waals surface area contributed by atoms with Gasteiger partial charge in [-0.25, -0.2) is 14.1 Å². The number of rotatable bonds is 11. The topological polar surface area (TPSA) is 132 Å². The molecule has 1 heterocycles. The molecule has 4 rings (SSSR count). The fourth-order valence-electron chi connectivity index (χ4n) is 3.97. The molecule has 12 heteroatoms. The van der Waals surface area contributed by atoms with Crippen molar-refractivity contribution in [1.29, 1.82) is 0 Å². The zero-order valence-corrected chi connectivity index (χ0v) is 23.1. The lowest BCUT2D eigenvalue weighted by atomic mass is 10.1. The maximum Gasteiger partial charge on any atom is 0.335 e. The van der Waals surface area contributed by atoms with Gasteiger partial charge in [0.05, 0.1) is 32.2 Å². The van der Waals surface area contributed by atoms with E-state index in [0.29, 0.717) is 23.7 Å². The standard InChI is InChI=1S/C30H28FN3O8/c1-4-13-41-23-12-10-19(16-26(23)40-3)34-29(37)20(28(36)33-30(34)38)14-18-9-11-24(25(15-18)39-2)42-17-27(35)32-22-8-6-5-7-21(22)31/h5-12,14-16H,4,13,17H2,1-3H3,(H,32,35)(H,33,36,38)/b20-14-. The van der Waals surface area contributed by atoms with Crippen LogP contribution in [0.25, 0.3) is 6.08 Å². The molecule has 1 fully saturated rings. The van der Waals surface area contributed by atoms with E-state index in [1.807, 2.05) is 6.92 Å². The number of ether oxygens (including phenoxy) is 4. The summed E-state index contributed by atoms with van der Waals surface area (Å²) in [6, 6.07) is 13.9. The first kappa shape index (κ1) is 29.6. The molecule has 0 aliphatic carbocycles. The van der Waals surface area contributed by atoms with Gasteiger partial charge in [-0.05, 0) is 54.5 Å². The molecule has 3 aromatic rings. The number of imide groups is 2. The van der Waals surface area contributed by atoms with Crippen molar-refractivity contribution in [3.8, 4) is 23.0 Å². The third-order valence-corrected chi connectivity index (χ3v) is 5.97. The highest BCUT2D eigenvalue weighted by molar-refractivity contribution is 6.39. The smallest absolute Gasteiger partial charge is 0.335 e. The number of amides is 5. The van der Waals surface area contributed by atoms with Crippen LogP contribution in [0, 0.1) is 5.82 Å². The average molecular weight is 578 g/mol. The molecule has 0 saturated carbocycles. The van der Waals surface area contributed by atoms with Crippen LogP contribution in [-0.4, -0.2) is 51.2 Å². The molecule has 2 N–H and O–H groups in total. The van der Waals surface area contributed by atoms with Crippen LogP contribution >= 0.6 is 0 Å². The number of para-hydroxylation sites is 1. The molecule has 0 atom stereocenters. The minimum absolute atomic E-state index is 0.0159. The molecule has 0 aromatic heterocycles. The van der Waals surface area contributed by atoms with Crippen molar-refractivity contribution >= 4 is 41.2 Å². The maximum atomic E-state index is 13.8. The Labute approximate surface area is 240 Å². The SMILES string of the molecule is CCCOc1ccc(N2C(=O)NC(=O)/C(=C/c3ccc(OCC(=O)Nc4ccccc4F)c(OC)c3)C2=O)cc1OC. The lowest BCUT2D eigenvalue weighted by Gasteiger charge is -2.27. The van der Waals surface area contributed by atoms with Crippen LogP contribution < -0.4 is 34.5 Å². The number of nitrogens with zero attached hydrogens (tertiary/aromatic N) is 1. The predicted octanol–water partition coefficient (Wildman–Crippen LogP) is 4.32. The molecule has 0 radical (unpaired) electrons. The van der Waals surface area contributed by atoms with E-state index in [1.54, 1.807) is 12.1 Å². The number of urea groups is 1. The lowest BCUT2D eigenvalue weighted by molar-refractivity contribution is -0.122. The van der Waals surface area contributed by atoms with Crippen LogP contribution in [0.15, 0.2) is 66.2 Å². The highest BCUT2D eigenvalue weighted by atomic mass is 19.1. The largest absolute Gasteiger partial charge is 0.493 e. The monoisotopic (exact) mass is 577 g/mol. The quantitative estimate of drug-likeness (QED) is 0.255. The van der Waals surface area contributed by atoms with Crippen molar-refractivity contribution in [3.63, 3.8) is 0 Å². The molecule has 11 nitrogen and oxygen atoms in total. The number of methoxy groups -OCH3 is 2. The van der Waals surface area contributed by atoms with Gasteiger partial charge < -0.3 is 24.3 Å². The summed E-state index contributed by atoms with van der Waals surface area (Å²) in [6.07, 6.45) is 2.07. The van der Waals surface area contributed by atoms with Crippen molar-refractivity contribution in [2.75, 3.05) is 37.7 Å². The van der Waals surface area contributed by atoms with Crippen LogP contribution in [-0.2, 0) is 14.4 Å². The number of hydrogen-bond donors (Lipinski definition) is 2. The van der Waals surface area contributed by atoms with E-state index in [0.717, 1.165) is 11.3 Å². The number of carbonyl (C=O) groups is 4. The minimum atomic E-state index is -0.915. The first-order valence-corrected chi connectivity index (χ1v) is 12.8. The second-order valence-corrected chi connectivity index (χ2v) is 8.87. The van der Waals surface area contributed by atoms with Gasteiger partial charge in [0.2, 0.25) is 0 Å². The van der Waals surface area contributed by atoms with Gasteiger partial charge in [0.25, 0.3) is 17.7 Å². The number of benzene rings is 3. The van der Waals surface area contributed by atoms with Gasteiger partial charge >= 0.3 is 6.03 Å². The Balaban J connectivity index is 1.53. The van der Waals surface area contributed by atoms with Crippen molar-refractivity contribution in [3.05, 3.63) is 77.6 Å². The second-order valence-electron chi connectivity index (χ2n) is 8.87. The zero-order valence-electron chi connectivity index (χ0n) is 23.1. The van der Waals surface area contributed by atoms with E-state index >= 15 is 0 Å². The van der Waals surface area contributed by atoms with Gasteiger partial charge in [-0.1, -0.05) is 25.1 Å². The van der Waals surface area contributed by atoms with E-state index in [4.69, 9.17) is 18.9 Å². The summed E-state index contributed by atoms with van der Waals surface area (Å²) in [5.41, 5.74) is 0.261. The summed E-state index contributed by atoms with van der Waals surface area (Å²) in [5.74, 6) is -1.75. The van der Waals surface area contributed by atoms with Crippen LogP contribution in [0.2, 0.25) is 0 Å². The summed E-state index contributed by atoms with van der Waals surface area (Å²) < 4.78 is 35.7. The van der Waals surface area contributed by atoms with Gasteiger partial charge in [-0.15, -0.1) is 0 Å². The third kappa shape index (κ3) is 6.66. The van der Waals surface area contributed by atoms with Crippen LogP contribution in [0.3, 0.4) is 0 Å². The molecule has 1 aliphatic rings. The van der Waals surface area contributed by atoms with Crippen LogP contribution in [0.5, 0.6) is 23.0 Å². The summed E-state index contributed by atoms with van der Waals surface area (Å²) in [7, 11) is 2.81. The predicted molar refractivity (Wildman–Crippen MR) is 151 cm³/mol. The number of carbonyl (C=O) groups excluding carboxylic acids is 4. The van der Waals surface area contributed by atoms with Crippen LogP contribution in [0.1, 0.15) is 18.9 Å². The first-order chi connectivity index (χ1) is 20.2. The Kier molecular flexibility index (Phi) is 9.38. The molecule has 5 amide bonds. The van der Waals surface area contributed by atoms with Gasteiger partial charge in [-0.2, -0.15) is 0 Å². The fourth-order valence-corrected chi connectivity index (χ4v) is 3.97. The molecule has 1 aliphatic heterocycles. The maximum absolute atomic E-state index is 13.8. The Morgan fingerprint density at radius 2 is 1.62 bits per heavy atom. The third-order valence-electron chi connectivity index (χ3n) is 5.97. The Bertz CT molecular complexity index is 1560. The number of barbiturate groups is 1. The molecule has 1 saturated heterocycles. The van der Waals surface area contributed by atoms with E-state index in [9.17, 15) is 23.6 Å². The molecule has 0 spiro atoms. The number of nitrogens with one attached hydrogen (secondary N) is 2. The molecule has 0 unspecified atom stereocenters. The van der Waals surface area contributed by atoms with Gasteiger partial charge in [0.1, 0.15) is 11.4 Å². The van der Waals surface area contributed by atoms with Crippen LogP contribution in [0.4, 0.5) is 20.6 Å². The highest BCUT2D eigenvalue weighted by Crippen LogP contribution is 2.34. The Hall–Kier alpha value is -5.39. The molecule has 42 heavy (non-hydrogen) atoms. The number of hydrogen-bond acceptors (Lipinski definition) is 8. The number of halogens is 1. The van der Waals surface area contributed by atoms with E-state index in [2.05, 4.69) is 10.6 Å². The van der Waals surface area contributed by atoms with Crippen molar-refractivity contribution < 1.29 is 42.5 Å². The summed E-state index contributed by atoms with van der Waals surface area (Å²) in [5, 5.41) is 4.59. The van der Waals surface area contributed by atoms with Crippen molar-refractivity contribution in [2.24, 2.45) is 0 Å². The summed E-state index contributed by atoms with van der Waals surface area (Å²) in [6.45, 7) is 1.97. The van der Waals surface area contributed by atoms with Crippen molar-refractivity contribution in [1.82, 2.24) is 5.32 Å². The van der Waals surface area contributed by atoms with Gasteiger partial charge in [-0.3, -0.25) is 19.7 Å². The molecule has 218 valence electrons.